The molecule has 28 heavy (non-hydrogen) atoms. The van der Waals surface area contributed by atoms with Crippen LogP contribution in [-0.2, 0) is 16.1 Å². The molecule has 152 valence electrons. The van der Waals surface area contributed by atoms with Gasteiger partial charge in [0.25, 0.3) is 0 Å². The lowest BCUT2D eigenvalue weighted by Gasteiger charge is -2.33. The van der Waals surface area contributed by atoms with Crippen LogP contribution in [0.3, 0.4) is 0 Å². The number of benzene rings is 1. The average Bonchev–Trinajstić information content (AvgIpc) is 3.24. The summed E-state index contributed by atoms with van der Waals surface area (Å²) in [5.74, 6) is 0.786. The zero-order valence-corrected chi connectivity index (χ0v) is 18.7. The maximum absolute atomic E-state index is 11.9. The first-order valence-electron chi connectivity index (χ1n) is 9.41. The third-order valence-electron chi connectivity index (χ3n) is 4.84. The van der Waals surface area contributed by atoms with E-state index in [1.165, 1.54) is 0 Å². The quantitative estimate of drug-likeness (QED) is 0.298. The van der Waals surface area contributed by atoms with Gasteiger partial charge in [0.15, 0.2) is 5.96 Å². The molecule has 1 saturated heterocycles. The number of carbonyl (C=O) groups excluding carboxylic acids is 1. The number of piperidine rings is 1. The second-order valence-corrected chi connectivity index (χ2v) is 6.51. The lowest BCUT2D eigenvalue weighted by molar-refractivity contribution is -0.149. The number of ether oxygens (including phenoxy) is 1. The van der Waals surface area contributed by atoms with Crippen LogP contribution < -0.4 is 5.32 Å². The Morgan fingerprint density at radius 1 is 1.32 bits per heavy atom. The number of carbonyl (C=O) groups is 1. The van der Waals surface area contributed by atoms with E-state index >= 15 is 0 Å². The molecule has 0 atom stereocenters. The number of esters is 1. The SMILES string of the molecule is CCOC(=O)C1CCN(C(=NC)NCc2ccccc2-n2ccnc2)CC1.I. The number of likely N-dealkylation sites (tertiary alicyclic amines) is 1. The fraction of sp³-hybridized carbons (Fsp3) is 0.450. The molecular formula is C20H28IN5O2. The highest BCUT2D eigenvalue weighted by Gasteiger charge is 2.27. The minimum Gasteiger partial charge on any atom is -0.466 e. The number of guanidine groups is 1. The molecule has 0 aliphatic carbocycles. The summed E-state index contributed by atoms with van der Waals surface area (Å²) >= 11 is 0. The van der Waals surface area contributed by atoms with Gasteiger partial charge in [-0.15, -0.1) is 24.0 Å². The van der Waals surface area contributed by atoms with E-state index in [-0.39, 0.29) is 35.9 Å². The lowest BCUT2D eigenvalue weighted by atomic mass is 9.97. The monoisotopic (exact) mass is 497 g/mol. The summed E-state index contributed by atoms with van der Waals surface area (Å²) in [6, 6.07) is 8.23. The molecule has 1 aromatic heterocycles. The van der Waals surface area contributed by atoms with Crippen molar-refractivity contribution in [1.29, 1.82) is 0 Å². The van der Waals surface area contributed by atoms with Gasteiger partial charge < -0.3 is 19.5 Å². The van der Waals surface area contributed by atoms with Crippen LogP contribution in [0.25, 0.3) is 5.69 Å². The van der Waals surface area contributed by atoms with E-state index in [2.05, 4.69) is 32.3 Å². The Morgan fingerprint density at radius 3 is 2.71 bits per heavy atom. The Bertz CT molecular complexity index is 771. The summed E-state index contributed by atoms with van der Waals surface area (Å²) < 4.78 is 7.15. The van der Waals surface area contributed by atoms with E-state index in [0.717, 1.165) is 43.1 Å². The number of halogens is 1. The first-order valence-corrected chi connectivity index (χ1v) is 9.41. The molecule has 7 nitrogen and oxygen atoms in total. The van der Waals surface area contributed by atoms with E-state index in [4.69, 9.17) is 4.74 Å². The van der Waals surface area contributed by atoms with Crippen LogP contribution in [0.15, 0.2) is 48.0 Å². The molecule has 1 fully saturated rings. The number of nitrogens with one attached hydrogen (secondary N) is 1. The molecule has 8 heteroatoms. The second-order valence-electron chi connectivity index (χ2n) is 6.51. The number of para-hydroxylation sites is 1. The van der Waals surface area contributed by atoms with Crippen molar-refractivity contribution in [2.75, 3.05) is 26.7 Å². The van der Waals surface area contributed by atoms with Gasteiger partial charge in [0.1, 0.15) is 0 Å². The van der Waals surface area contributed by atoms with Crippen LogP contribution in [0.4, 0.5) is 0 Å². The van der Waals surface area contributed by atoms with Crippen molar-refractivity contribution in [3.8, 4) is 5.69 Å². The maximum Gasteiger partial charge on any atom is 0.309 e. The third-order valence-corrected chi connectivity index (χ3v) is 4.84. The fourth-order valence-electron chi connectivity index (χ4n) is 3.41. The molecular weight excluding hydrogens is 469 g/mol. The summed E-state index contributed by atoms with van der Waals surface area (Å²) in [6.45, 7) is 4.55. The highest BCUT2D eigenvalue weighted by Crippen LogP contribution is 2.19. The number of hydrogen-bond donors (Lipinski definition) is 1. The predicted molar refractivity (Wildman–Crippen MR) is 120 cm³/mol. The third kappa shape index (κ3) is 5.46. The molecule has 0 bridgehead atoms. The molecule has 0 saturated carbocycles. The molecule has 0 unspecified atom stereocenters. The number of aromatic nitrogens is 2. The number of aliphatic imine (C=N–C) groups is 1. The molecule has 2 heterocycles. The molecule has 1 N–H and O–H groups in total. The van der Waals surface area contributed by atoms with Gasteiger partial charge >= 0.3 is 5.97 Å². The van der Waals surface area contributed by atoms with Gasteiger partial charge in [0, 0.05) is 39.1 Å². The fourth-order valence-corrected chi connectivity index (χ4v) is 3.41. The Labute approximate surface area is 183 Å². The number of imidazole rings is 1. The van der Waals surface area contributed by atoms with Gasteiger partial charge in [0.2, 0.25) is 0 Å². The molecule has 0 amide bonds. The molecule has 1 aliphatic heterocycles. The Hall–Kier alpha value is -2.10. The summed E-state index contributed by atoms with van der Waals surface area (Å²) in [5, 5.41) is 3.45. The topological polar surface area (TPSA) is 71.8 Å². The summed E-state index contributed by atoms with van der Waals surface area (Å²) in [6.07, 6.45) is 7.11. The largest absolute Gasteiger partial charge is 0.466 e. The van der Waals surface area contributed by atoms with Crippen molar-refractivity contribution >= 4 is 35.9 Å². The Balaban J connectivity index is 0.00000280. The maximum atomic E-state index is 11.9. The number of hydrogen-bond acceptors (Lipinski definition) is 4. The minimum absolute atomic E-state index is 0. The normalized spacial score (nSPS) is 15.1. The number of nitrogens with zero attached hydrogens (tertiary/aromatic N) is 4. The van der Waals surface area contributed by atoms with Crippen LogP contribution in [0, 0.1) is 5.92 Å². The summed E-state index contributed by atoms with van der Waals surface area (Å²) in [7, 11) is 1.79. The van der Waals surface area contributed by atoms with Crippen molar-refractivity contribution in [3.05, 3.63) is 48.5 Å². The zero-order valence-electron chi connectivity index (χ0n) is 16.4. The van der Waals surface area contributed by atoms with Crippen LogP contribution in [0.1, 0.15) is 25.3 Å². The molecule has 2 aromatic rings. The van der Waals surface area contributed by atoms with E-state index in [9.17, 15) is 4.79 Å². The van der Waals surface area contributed by atoms with Crippen molar-refractivity contribution in [2.24, 2.45) is 10.9 Å². The van der Waals surface area contributed by atoms with E-state index in [0.29, 0.717) is 13.2 Å². The molecule has 1 aliphatic rings. The van der Waals surface area contributed by atoms with Crippen molar-refractivity contribution in [2.45, 2.75) is 26.3 Å². The average molecular weight is 497 g/mol. The molecule has 1 aromatic carbocycles. The first kappa shape index (κ1) is 22.2. The zero-order chi connectivity index (χ0) is 19.1. The standard InChI is InChI=1S/C20H27N5O2.HI/c1-3-27-19(26)16-8-11-24(12-9-16)20(21-2)23-14-17-6-4-5-7-18(17)25-13-10-22-15-25;/h4-7,10,13,15-16H,3,8-9,11-12,14H2,1-2H3,(H,21,23);1H. The van der Waals surface area contributed by atoms with Crippen LogP contribution in [-0.4, -0.2) is 53.1 Å². The van der Waals surface area contributed by atoms with Crippen LogP contribution in [0.5, 0.6) is 0 Å². The van der Waals surface area contributed by atoms with Gasteiger partial charge in [-0.25, -0.2) is 4.98 Å². The van der Waals surface area contributed by atoms with Gasteiger partial charge in [-0.2, -0.15) is 0 Å². The Kier molecular flexibility index (Phi) is 8.75. The van der Waals surface area contributed by atoms with Gasteiger partial charge in [-0.3, -0.25) is 9.79 Å². The molecule has 3 rings (SSSR count). The van der Waals surface area contributed by atoms with Crippen molar-refractivity contribution in [1.82, 2.24) is 19.8 Å². The van der Waals surface area contributed by atoms with Gasteiger partial charge in [-0.1, -0.05) is 18.2 Å². The smallest absolute Gasteiger partial charge is 0.309 e. The predicted octanol–water partition coefficient (Wildman–Crippen LogP) is 2.84. The first-order chi connectivity index (χ1) is 13.2. The highest BCUT2D eigenvalue weighted by molar-refractivity contribution is 14.0. The summed E-state index contributed by atoms with van der Waals surface area (Å²) in [5.41, 5.74) is 2.26. The summed E-state index contributed by atoms with van der Waals surface area (Å²) in [4.78, 5) is 22.7. The van der Waals surface area contributed by atoms with Crippen molar-refractivity contribution < 1.29 is 9.53 Å². The van der Waals surface area contributed by atoms with E-state index < -0.39 is 0 Å². The highest BCUT2D eigenvalue weighted by atomic mass is 127. The Morgan fingerprint density at radius 2 is 2.07 bits per heavy atom. The van der Waals surface area contributed by atoms with E-state index in [1.54, 1.807) is 19.6 Å². The van der Waals surface area contributed by atoms with E-state index in [1.807, 2.05) is 29.8 Å². The molecule has 0 radical (unpaired) electrons. The minimum atomic E-state index is -0.0747. The number of rotatable bonds is 5. The van der Waals surface area contributed by atoms with Gasteiger partial charge in [-0.05, 0) is 31.4 Å². The van der Waals surface area contributed by atoms with Crippen molar-refractivity contribution in [3.63, 3.8) is 0 Å². The molecule has 0 spiro atoms. The van der Waals surface area contributed by atoms with Crippen LogP contribution >= 0.6 is 24.0 Å². The second kappa shape index (κ2) is 11.0. The van der Waals surface area contributed by atoms with Crippen LogP contribution in [0.2, 0.25) is 0 Å². The van der Waals surface area contributed by atoms with Gasteiger partial charge in [0.05, 0.1) is 24.5 Å². The lowest BCUT2D eigenvalue weighted by Crippen LogP contribution is -2.46.